The Kier molecular flexibility index (Phi) is 55.4. The Morgan fingerprint density at radius 1 is 0.623 bits per heavy atom. The van der Waals surface area contributed by atoms with Crippen LogP contribution in [0.2, 0.25) is 0 Å². The van der Waals surface area contributed by atoms with Gasteiger partial charge < -0.3 is 58.7 Å². The molecule has 1 atom stereocenters. The Morgan fingerprint density at radius 3 is 1.28 bits per heavy atom. The van der Waals surface area contributed by atoms with Crippen molar-refractivity contribution in [1.29, 1.82) is 0 Å². The maximum absolute atomic E-state index is 8.68. The van der Waals surface area contributed by atoms with Crippen molar-refractivity contribution in [1.82, 2.24) is 30.7 Å². The molecule has 0 spiro atoms. The smallest absolute Gasteiger partial charge is 0.0638 e. The number of nitrogens with one attached hydrogen (secondary N) is 3. The van der Waals surface area contributed by atoms with Crippen molar-refractivity contribution < 1.29 is 5.11 Å². The van der Waals surface area contributed by atoms with E-state index in [1.807, 2.05) is 26.0 Å². The summed E-state index contributed by atoms with van der Waals surface area (Å²) in [4.78, 5) is 6.46. The minimum Gasteiger partial charge on any atom is -0.392 e. The van der Waals surface area contributed by atoms with Crippen LogP contribution in [0.4, 0.5) is 0 Å². The molecule has 0 radical (unpaired) electrons. The monoisotopic (exact) mass is 763 g/mol. The van der Waals surface area contributed by atoms with Crippen LogP contribution in [-0.4, -0.2) is 152 Å². The molecule has 3 fully saturated rings. The second kappa shape index (κ2) is 49.6. The highest BCUT2D eigenvalue weighted by atomic mass is 16.3. The molecule has 326 valence electrons. The van der Waals surface area contributed by atoms with Crippen molar-refractivity contribution >= 4 is 0 Å². The highest BCUT2D eigenvalue weighted by molar-refractivity contribution is 4.71. The quantitative estimate of drug-likeness (QED) is 0.102. The fourth-order valence-electron chi connectivity index (χ4n) is 6.19. The van der Waals surface area contributed by atoms with Crippen LogP contribution >= 0.6 is 0 Å². The molecule has 0 aromatic rings. The number of nitrogens with zero attached hydrogens (tertiary/aromatic N) is 3. The molecule has 3 aliphatic rings. The van der Waals surface area contributed by atoms with Gasteiger partial charge in [0.15, 0.2) is 0 Å². The van der Waals surface area contributed by atoms with Gasteiger partial charge in [-0.1, -0.05) is 78.6 Å². The van der Waals surface area contributed by atoms with Crippen LogP contribution in [0, 0.1) is 0 Å². The van der Waals surface area contributed by atoms with Crippen molar-refractivity contribution in [2.24, 2.45) is 22.9 Å². The number of likely N-dealkylation sites (N-methyl/N-ethyl adjacent to an activating group) is 1. The van der Waals surface area contributed by atoms with Gasteiger partial charge in [0.25, 0.3) is 0 Å². The van der Waals surface area contributed by atoms with Crippen molar-refractivity contribution in [2.45, 2.75) is 167 Å². The molecule has 1 unspecified atom stereocenters. The number of aliphatic hydroxyl groups is 1. The van der Waals surface area contributed by atoms with E-state index in [9.17, 15) is 0 Å². The lowest BCUT2D eigenvalue weighted by Gasteiger charge is -2.21. The zero-order chi connectivity index (χ0) is 41.0. The second-order valence-corrected chi connectivity index (χ2v) is 15.4. The average molecular weight is 763 g/mol. The Morgan fingerprint density at radius 2 is 1.06 bits per heavy atom. The Balaban J connectivity index is -0.000000265. The lowest BCUT2D eigenvalue weighted by molar-refractivity contribution is 0.154. The van der Waals surface area contributed by atoms with Crippen molar-refractivity contribution in [3.05, 3.63) is 0 Å². The molecular weight excluding hydrogens is 661 g/mol. The van der Waals surface area contributed by atoms with Crippen molar-refractivity contribution in [3.8, 4) is 0 Å². The molecule has 12 N–H and O–H groups in total. The fourth-order valence-corrected chi connectivity index (χ4v) is 6.19. The molecule has 11 heteroatoms. The summed E-state index contributed by atoms with van der Waals surface area (Å²) in [7, 11) is 12.0. The first kappa shape index (κ1) is 59.3. The third-order valence-corrected chi connectivity index (χ3v) is 9.40. The van der Waals surface area contributed by atoms with Crippen LogP contribution in [-0.2, 0) is 0 Å². The largest absolute Gasteiger partial charge is 0.392 e. The molecule has 3 aliphatic carbocycles. The summed E-state index contributed by atoms with van der Waals surface area (Å²) in [6, 6.07) is 2.22. The molecule has 3 saturated carbocycles. The topological polar surface area (TPSA) is 170 Å². The number of hydrogen-bond acceptors (Lipinski definition) is 11. The lowest BCUT2D eigenvalue weighted by Crippen LogP contribution is -2.30. The summed E-state index contributed by atoms with van der Waals surface area (Å²) in [5, 5.41) is 18.5. The summed E-state index contributed by atoms with van der Waals surface area (Å²) < 4.78 is 0. The summed E-state index contributed by atoms with van der Waals surface area (Å²) in [6.45, 7) is 18.2. The van der Waals surface area contributed by atoms with E-state index in [2.05, 4.69) is 67.7 Å². The fraction of sp³-hybridized carbons (Fsp3) is 1.00. The Hall–Kier alpha value is -0.440. The molecule has 0 aromatic carbocycles. The van der Waals surface area contributed by atoms with Gasteiger partial charge >= 0.3 is 0 Å². The maximum atomic E-state index is 8.68. The predicted octanol–water partition coefficient (Wildman–Crippen LogP) is 4.80. The normalized spacial score (nSPS) is 16.9. The first-order valence-corrected chi connectivity index (χ1v) is 22.0. The van der Waals surface area contributed by atoms with Crippen LogP contribution in [0.1, 0.15) is 143 Å². The number of hydrogen-bond donors (Lipinski definition) is 8. The molecule has 3 rings (SSSR count). The van der Waals surface area contributed by atoms with Gasteiger partial charge in [0.1, 0.15) is 0 Å². The molecular formula is C42H102N10O. The van der Waals surface area contributed by atoms with Gasteiger partial charge in [-0.3, -0.25) is 0 Å². The number of aliphatic hydroxyl groups excluding tert-OH is 1. The van der Waals surface area contributed by atoms with E-state index in [1.165, 1.54) is 96.3 Å². The van der Waals surface area contributed by atoms with Gasteiger partial charge in [-0.25, -0.2) is 0 Å². The standard InChI is InChI=1S/C8H17N.C7H18N2.C7H15N.C6H13N.C5H14N2.C5H13NO.C4H12N2/c1-2-9-8-6-4-3-5-7-8;1-3-9(4-2)7-5-6-8;1-8-7-5-3-2-4-6-7;7-6-4-2-1-3-5-6;1-7(2)5-3-4-6;1-5(7)4-6(2)3;1-6-4-2-3-5/h8-9H,2-7H2,1H3;3-8H2,1-2H3;7-8H,2-6H2,1H3;6H,1-5,7H2;3-6H2,1-2H3;5,7H,4H2,1-3H3;6H,2-5H2,1H3. The number of nitrogens with two attached hydrogens (primary N) is 4. The molecule has 0 amide bonds. The summed E-state index contributed by atoms with van der Waals surface area (Å²) >= 11 is 0. The van der Waals surface area contributed by atoms with Gasteiger partial charge in [0.2, 0.25) is 0 Å². The molecule has 0 saturated heterocycles. The van der Waals surface area contributed by atoms with E-state index < -0.39 is 0 Å². The van der Waals surface area contributed by atoms with Crippen LogP contribution in [0.5, 0.6) is 0 Å². The molecule has 0 bridgehead atoms. The van der Waals surface area contributed by atoms with Crippen molar-refractivity contribution in [3.63, 3.8) is 0 Å². The second-order valence-electron chi connectivity index (χ2n) is 15.4. The summed E-state index contributed by atoms with van der Waals surface area (Å²) in [5.41, 5.74) is 21.4. The zero-order valence-corrected chi connectivity index (χ0v) is 37.7. The van der Waals surface area contributed by atoms with E-state index in [0.29, 0.717) is 6.04 Å². The molecule has 53 heavy (non-hydrogen) atoms. The molecule has 0 heterocycles. The van der Waals surface area contributed by atoms with E-state index in [1.54, 1.807) is 6.92 Å². The highest BCUT2D eigenvalue weighted by Gasteiger charge is 2.11. The zero-order valence-electron chi connectivity index (χ0n) is 37.7. The maximum Gasteiger partial charge on any atom is 0.0638 e. The van der Waals surface area contributed by atoms with Gasteiger partial charge in [-0.05, 0) is 166 Å². The van der Waals surface area contributed by atoms with E-state index >= 15 is 0 Å². The molecule has 0 aromatic heterocycles. The third-order valence-electron chi connectivity index (χ3n) is 9.40. The van der Waals surface area contributed by atoms with Gasteiger partial charge in [-0.15, -0.1) is 0 Å². The van der Waals surface area contributed by atoms with Gasteiger partial charge in [-0.2, -0.15) is 0 Å². The Bertz CT molecular complexity index is 596. The summed E-state index contributed by atoms with van der Waals surface area (Å²) in [6.07, 6.45) is 24.1. The van der Waals surface area contributed by atoms with E-state index in [-0.39, 0.29) is 6.10 Å². The summed E-state index contributed by atoms with van der Waals surface area (Å²) in [5.74, 6) is 0. The number of rotatable bonds is 16. The van der Waals surface area contributed by atoms with Crippen LogP contribution in [0.3, 0.4) is 0 Å². The first-order valence-electron chi connectivity index (χ1n) is 22.0. The lowest BCUT2D eigenvalue weighted by atomic mass is 9.96. The highest BCUT2D eigenvalue weighted by Crippen LogP contribution is 2.17. The van der Waals surface area contributed by atoms with Crippen molar-refractivity contribution in [2.75, 3.05) is 108 Å². The van der Waals surface area contributed by atoms with Crippen LogP contribution < -0.4 is 38.9 Å². The SMILES string of the molecule is CC(O)CN(C)C.CCN(CC)CCCN.CCNC1CCCCC1.CN(C)CCCN.CNC1CCCCC1.CNCCCN.NC1CCCCC1. The first-order chi connectivity index (χ1) is 25.4. The third kappa shape index (κ3) is 56.0. The molecule has 11 nitrogen and oxygen atoms in total. The van der Waals surface area contributed by atoms with Crippen LogP contribution in [0.15, 0.2) is 0 Å². The van der Waals surface area contributed by atoms with Gasteiger partial charge in [0.05, 0.1) is 6.10 Å². The van der Waals surface area contributed by atoms with Crippen LogP contribution in [0.25, 0.3) is 0 Å². The van der Waals surface area contributed by atoms with Gasteiger partial charge in [0, 0.05) is 24.7 Å². The Labute approximate surface area is 333 Å². The average Bonchev–Trinajstić information content (AvgIpc) is 3.16. The predicted molar refractivity (Wildman–Crippen MR) is 239 cm³/mol. The van der Waals surface area contributed by atoms with E-state index in [4.69, 9.17) is 28.0 Å². The van der Waals surface area contributed by atoms with E-state index in [0.717, 1.165) is 96.8 Å². The molecule has 0 aliphatic heterocycles. The minimum absolute atomic E-state index is 0.199. The minimum atomic E-state index is -0.199.